The molecule has 0 unspecified atom stereocenters. The van der Waals surface area contributed by atoms with Crippen LogP contribution < -0.4 is 0 Å². The molecule has 460 valence electrons. The van der Waals surface area contributed by atoms with Crippen LogP contribution in [0, 0.1) is 67.6 Å². The maximum absolute atomic E-state index is 10.0. The first kappa shape index (κ1) is 66.0. The molecule has 6 aliphatic rings. The second-order valence-corrected chi connectivity index (χ2v) is 25.1. The van der Waals surface area contributed by atoms with Crippen LogP contribution in [0.4, 0.5) is 11.4 Å². The average Bonchev–Trinajstić information content (AvgIpc) is 1.27. The third-order valence-electron chi connectivity index (χ3n) is 12.6. The number of rotatable bonds is 21. The largest absolute Gasteiger partial charge is 0.340 e. The van der Waals surface area contributed by atoms with Gasteiger partial charge in [-0.3, -0.25) is 25.1 Å². The highest BCUT2D eigenvalue weighted by Crippen LogP contribution is 2.26. The lowest BCUT2D eigenvalue weighted by Crippen LogP contribution is -2.55. The summed E-state index contributed by atoms with van der Waals surface area (Å²) in [4.78, 5) is 95.8. The molecule has 25 nitrogen and oxygen atoms in total. The molecule has 0 saturated carbocycles. The van der Waals surface area contributed by atoms with Gasteiger partial charge in [0.15, 0.2) is 0 Å². The smallest absolute Gasteiger partial charge is 0.269 e. The van der Waals surface area contributed by atoms with Gasteiger partial charge in [-0.15, -0.1) is 0 Å². The molecule has 6 aliphatic heterocycles. The SMILES string of the molecule is CCCCN(C1=NC2=NC(N(CC(C)C)CC(C)C)=NC3=NC(N(CC(C)C)CC(C)C)=NC(=N1)N32)C1=NC2=NC(N(CC(C)C)CC(C)C)=NC3=NC(N(CC(C)C)CC(C)C)=NC(=N1)N32.O=[N+]([O-])c1ccccc1.O=[N+]([O-])c1ccccc1. The first-order valence-electron chi connectivity index (χ1n) is 30.1. The molecule has 0 aromatic heterocycles. The Hall–Kier alpha value is -8.12. The average molecular weight is 1170 g/mol. The van der Waals surface area contributed by atoms with Crippen LogP contribution in [-0.4, -0.2) is 175 Å². The summed E-state index contributed by atoms with van der Waals surface area (Å²) in [5, 5.41) is 20.0. The van der Waals surface area contributed by atoms with Crippen molar-refractivity contribution in [1.29, 1.82) is 0 Å². The molecule has 0 saturated heterocycles. The molecule has 0 N–H and O–H groups in total. The van der Waals surface area contributed by atoms with E-state index in [0.29, 0.717) is 125 Å². The predicted octanol–water partition coefficient (Wildman–Crippen LogP) is 10.7. The molecule has 0 spiro atoms. The summed E-state index contributed by atoms with van der Waals surface area (Å²) in [5.74, 6) is 8.48. The van der Waals surface area contributed by atoms with Gasteiger partial charge in [-0.2, -0.15) is 59.9 Å². The van der Waals surface area contributed by atoms with Crippen LogP contribution in [-0.2, 0) is 0 Å². The van der Waals surface area contributed by atoms with Crippen LogP contribution in [0.5, 0.6) is 0 Å². The van der Waals surface area contributed by atoms with E-state index in [1.165, 1.54) is 24.3 Å². The van der Waals surface area contributed by atoms with Crippen molar-refractivity contribution in [1.82, 2.24) is 34.3 Å². The fraction of sp³-hybridized carbons (Fsp3) is 0.600. The normalized spacial score (nSPS) is 15.8. The van der Waals surface area contributed by atoms with Crippen molar-refractivity contribution in [2.45, 2.75) is 131 Å². The molecule has 0 aliphatic carbocycles. The number of hydrogen-bond donors (Lipinski definition) is 0. The monoisotopic (exact) mass is 1170 g/mol. The molecule has 0 amide bonds. The summed E-state index contributed by atoms with van der Waals surface area (Å²) in [7, 11) is 0. The molecule has 0 atom stereocenters. The summed E-state index contributed by atoms with van der Waals surface area (Å²) in [6.07, 6.45) is 1.72. The van der Waals surface area contributed by atoms with Gasteiger partial charge in [-0.05, 0) is 53.8 Å². The molecule has 25 heteroatoms. The summed E-state index contributed by atoms with van der Waals surface area (Å²) >= 11 is 0. The van der Waals surface area contributed by atoms with Crippen LogP contribution in [0.2, 0.25) is 0 Å². The summed E-state index contributed by atoms with van der Waals surface area (Å²) < 4.78 is 0. The van der Waals surface area contributed by atoms with Gasteiger partial charge in [0.25, 0.3) is 11.4 Å². The highest BCUT2D eigenvalue weighted by molar-refractivity contribution is 6.33. The molecule has 0 fully saturated rings. The van der Waals surface area contributed by atoms with Gasteiger partial charge in [-0.25, -0.2) is 9.80 Å². The number of nitro groups is 2. The van der Waals surface area contributed by atoms with Crippen LogP contribution in [0.15, 0.2) is 121 Å². The Kier molecular flexibility index (Phi) is 23.8. The van der Waals surface area contributed by atoms with Gasteiger partial charge >= 0.3 is 0 Å². The van der Waals surface area contributed by atoms with Crippen molar-refractivity contribution in [3.63, 3.8) is 0 Å². The lowest BCUT2D eigenvalue weighted by molar-refractivity contribution is -0.385. The maximum Gasteiger partial charge on any atom is 0.269 e. The number of para-hydroxylation sites is 2. The van der Waals surface area contributed by atoms with E-state index in [-0.39, 0.29) is 11.4 Å². The number of hydrogen-bond acceptors (Lipinski definition) is 23. The number of aliphatic imine (C=N–C) groups is 12. The highest BCUT2D eigenvalue weighted by Gasteiger charge is 2.42. The number of unbranched alkanes of at least 4 members (excludes halogenated alkanes) is 1. The molecule has 2 aromatic carbocycles. The molecule has 0 bridgehead atoms. The number of non-ortho nitro benzene ring substituents is 2. The summed E-state index contributed by atoms with van der Waals surface area (Å²) in [6, 6.07) is 15.9. The van der Waals surface area contributed by atoms with Crippen molar-refractivity contribution in [2.75, 3.05) is 58.9 Å². The molecule has 6 heterocycles. The van der Waals surface area contributed by atoms with Gasteiger partial charge < -0.3 is 19.6 Å². The molecular weight excluding hydrogens is 1080 g/mol. The number of nitrogens with zero attached hydrogens (tertiary/aromatic N) is 21. The minimum Gasteiger partial charge on any atom is -0.340 e. The Morgan fingerprint density at radius 3 is 0.753 bits per heavy atom. The van der Waals surface area contributed by atoms with E-state index in [0.717, 1.165) is 65.2 Å². The Morgan fingerprint density at radius 1 is 0.353 bits per heavy atom. The molecule has 8 rings (SSSR count). The van der Waals surface area contributed by atoms with Crippen molar-refractivity contribution in [3.8, 4) is 0 Å². The van der Waals surface area contributed by atoms with E-state index >= 15 is 0 Å². The van der Waals surface area contributed by atoms with Crippen LogP contribution >= 0.6 is 0 Å². The third-order valence-corrected chi connectivity index (χ3v) is 12.6. The van der Waals surface area contributed by atoms with Gasteiger partial charge in [0.05, 0.1) is 9.85 Å². The molecule has 85 heavy (non-hydrogen) atoms. The van der Waals surface area contributed by atoms with E-state index in [1.807, 2.05) is 4.90 Å². The zero-order valence-corrected chi connectivity index (χ0v) is 53.2. The van der Waals surface area contributed by atoms with Crippen molar-refractivity contribution >= 4 is 82.9 Å². The first-order valence-corrected chi connectivity index (χ1v) is 30.1. The standard InChI is InChI=1S/C48H81N19.2C6H5NO2/c1-18-19-20-65(41-57-45-53-37(61(21-29(2)3)22-30(4)5)49-43-50-38(54-46(58-41)66(43)45)62(23-31(6)7)24-32(8)9)42-59-47-55-39(63(25-33(10)11)26-34(12)13)51-44-52-40(56-48(60-42)67(44)47)64(27-35(14)15)28-36(16)17;2*8-7(9)6-4-2-1-3-5-6/h29-36H,18-28H2,1-17H3;2*1-5H. The lowest BCUT2D eigenvalue weighted by Gasteiger charge is -2.38. The summed E-state index contributed by atoms with van der Waals surface area (Å²) in [6.45, 7) is 44.3. The number of nitro benzene ring substituents is 2. The molecular formula is C60H91N21O4. The fourth-order valence-corrected chi connectivity index (χ4v) is 9.50. The Morgan fingerprint density at radius 2 is 0.565 bits per heavy atom. The fourth-order valence-electron chi connectivity index (χ4n) is 9.50. The Bertz CT molecular complexity index is 2740. The van der Waals surface area contributed by atoms with Gasteiger partial charge in [0.1, 0.15) is 0 Å². The third kappa shape index (κ3) is 18.9. The predicted molar refractivity (Wildman–Crippen MR) is 346 cm³/mol. The number of benzene rings is 2. The second kappa shape index (κ2) is 30.6. The first-order chi connectivity index (χ1) is 40.3. The highest BCUT2D eigenvalue weighted by atomic mass is 16.6. The van der Waals surface area contributed by atoms with E-state index < -0.39 is 9.85 Å². The van der Waals surface area contributed by atoms with Crippen molar-refractivity contribution < 1.29 is 9.85 Å². The van der Waals surface area contributed by atoms with Crippen molar-refractivity contribution in [3.05, 3.63) is 80.9 Å². The Balaban J connectivity index is 0.000000545. The minimum absolute atomic E-state index is 0.137. The maximum atomic E-state index is 10.0. The minimum atomic E-state index is -0.417. The molecule has 2 aromatic rings. The second-order valence-electron chi connectivity index (χ2n) is 25.1. The van der Waals surface area contributed by atoms with E-state index in [9.17, 15) is 20.2 Å². The lowest BCUT2D eigenvalue weighted by atomic mass is 10.1. The number of guanidine groups is 12. The Labute approximate surface area is 502 Å². The zero-order valence-electron chi connectivity index (χ0n) is 53.2. The van der Waals surface area contributed by atoms with Gasteiger partial charge in [-0.1, -0.05) is 161 Å². The van der Waals surface area contributed by atoms with E-state index in [2.05, 4.69) is 137 Å². The van der Waals surface area contributed by atoms with E-state index in [1.54, 1.807) is 46.2 Å². The summed E-state index contributed by atoms with van der Waals surface area (Å²) in [5.41, 5.74) is 0.273. The quantitative estimate of drug-likeness (QED) is 0.0838. The van der Waals surface area contributed by atoms with E-state index in [4.69, 9.17) is 59.9 Å². The van der Waals surface area contributed by atoms with Crippen molar-refractivity contribution in [2.24, 2.45) is 107 Å². The van der Waals surface area contributed by atoms with Crippen LogP contribution in [0.25, 0.3) is 0 Å². The van der Waals surface area contributed by atoms with Gasteiger partial charge in [0, 0.05) is 83.2 Å². The van der Waals surface area contributed by atoms with Crippen LogP contribution in [0.1, 0.15) is 131 Å². The topological polar surface area (TPSA) is 257 Å². The zero-order chi connectivity index (χ0) is 62.2. The van der Waals surface area contributed by atoms with Crippen LogP contribution in [0.3, 0.4) is 0 Å². The molecule has 0 radical (unpaired) electrons. The van der Waals surface area contributed by atoms with Gasteiger partial charge in [0.2, 0.25) is 71.5 Å².